The van der Waals surface area contributed by atoms with E-state index in [2.05, 4.69) is 43.9 Å². The van der Waals surface area contributed by atoms with Crippen molar-refractivity contribution in [3.8, 4) is 0 Å². The second-order valence-corrected chi connectivity index (χ2v) is 5.63. The number of aryl methyl sites for hydroxylation is 2. The number of nitrogens with two attached hydrogens (primary N) is 1. The molecule has 2 N–H and O–H groups in total. The number of nitrogens with zero attached hydrogens (tertiary/aromatic N) is 1. The molecule has 0 amide bonds. The molecule has 2 rings (SSSR count). The third kappa shape index (κ3) is 2.76. The van der Waals surface area contributed by atoms with Gasteiger partial charge in [0.2, 0.25) is 0 Å². The number of hydrogen-bond donors (Lipinski definition) is 1. The molecule has 0 aromatic heterocycles. The number of likely N-dealkylation sites (tertiary alicyclic amines) is 1. The van der Waals surface area contributed by atoms with Gasteiger partial charge in [0.05, 0.1) is 0 Å². The molecule has 1 aliphatic rings. The summed E-state index contributed by atoms with van der Waals surface area (Å²) in [5.41, 5.74) is 10.5. The van der Waals surface area contributed by atoms with Gasteiger partial charge in [-0.25, -0.2) is 0 Å². The Labute approximate surface area is 111 Å². The van der Waals surface area contributed by atoms with E-state index in [9.17, 15) is 0 Å². The van der Waals surface area contributed by atoms with Crippen molar-refractivity contribution in [1.82, 2.24) is 4.90 Å². The molecule has 1 fully saturated rings. The predicted octanol–water partition coefficient (Wildman–Crippen LogP) is 3.18. The average Bonchev–Trinajstić information content (AvgIpc) is 2.34. The zero-order chi connectivity index (χ0) is 13.1. The van der Waals surface area contributed by atoms with Crippen molar-refractivity contribution in [2.45, 2.75) is 52.1 Å². The van der Waals surface area contributed by atoms with Crippen LogP contribution in [0.3, 0.4) is 0 Å². The lowest BCUT2D eigenvalue weighted by Crippen LogP contribution is -2.46. The van der Waals surface area contributed by atoms with E-state index in [-0.39, 0.29) is 6.04 Å². The Bertz CT molecular complexity index is 398. The minimum atomic E-state index is 0.285. The average molecular weight is 246 g/mol. The molecule has 0 spiro atoms. The van der Waals surface area contributed by atoms with Crippen LogP contribution < -0.4 is 5.73 Å². The molecule has 0 radical (unpaired) electrons. The van der Waals surface area contributed by atoms with Crippen molar-refractivity contribution < 1.29 is 0 Å². The van der Waals surface area contributed by atoms with Gasteiger partial charge in [-0.2, -0.15) is 0 Å². The van der Waals surface area contributed by atoms with Crippen LogP contribution in [0.25, 0.3) is 0 Å². The highest BCUT2D eigenvalue weighted by Gasteiger charge is 2.29. The largest absolute Gasteiger partial charge is 0.326 e. The molecule has 2 unspecified atom stereocenters. The smallest absolute Gasteiger partial charge is 0.0499 e. The quantitative estimate of drug-likeness (QED) is 0.887. The van der Waals surface area contributed by atoms with Crippen molar-refractivity contribution in [2.75, 3.05) is 13.1 Å². The first-order valence-corrected chi connectivity index (χ1v) is 7.20. The first-order valence-electron chi connectivity index (χ1n) is 7.20. The van der Waals surface area contributed by atoms with Crippen molar-refractivity contribution in [2.24, 2.45) is 5.73 Å². The van der Waals surface area contributed by atoms with Gasteiger partial charge >= 0.3 is 0 Å². The van der Waals surface area contributed by atoms with Gasteiger partial charge in [-0.15, -0.1) is 0 Å². The molecule has 2 nitrogen and oxygen atoms in total. The standard InChI is InChI=1S/C16H26N2/c1-4-9-18-10-5-6-15(17)16(18)14-8-7-12(2)13(3)11-14/h7-8,11,15-16H,4-6,9-10,17H2,1-3H3. The van der Waals surface area contributed by atoms with Crippen LogP contribution in [-0.4, -0.2) is 24.0 Å². The van der Waals surface area contributed by atoms with E-state index in [1.54, 1.807) is 0 Å². The van der Waals surface area contributed by atoms with Crippen LogP contribution in [0.5, 0.6) is 0 Å². The summed E-state index contributed by atoms with van der Waals surface area (Å²) >= 11 is 0. The van der Waals surface area contributed by atoms with E-state index < -0.39 is 0 Å². The number of hydrogen-bond acceptors (Lipinski definition) is 2. The number of rotatable bonds is 3. The Morgan fingerprint density at radius 3 is 2.72 bits per heavy atom. The highest BCUT2D eigenvalue weighted by atomic mass is 15.2. The summed E-state index contributed by atoms with van der Waals surface area (Å²) in [6.45, 7) is 8.96. The van der Waals surface area contributed by atoms with Gasteiger partial charge in [0, 0.05) is 12.1 Å². The van der Waals surface area contributed by atoms with Crippen LogP contribution in [0.1, 0.15) is 48.9 Å². The molecule has 0 bridgehead atoms. The minimum Gasteiger partial charge on any atom is -0.326 e. The molecule has 0 saturated carbocycles. The molecule has 18 heavy (non-hydrogen) atoms. The monoisotopic (exact) mass is 246 g/mol. The zero-order valence-electron chi connectivity index (χ0n) is 11.9. The van der Waals surface area contributed by atoms with Gasteiger partial charge in [-0.05, 0) is 62.9 Å². The molecule has 2 atom stereocenters. The summed E-state index contributed by atoms with van der Waals surface area (Å²) in [5, 5.41) is 0. The fourth-order valence-electron chi connectivity index (χ4n) is 3.04. The Morgan fingerprint density at radius 2 is 2.06 bits per heavy atom. The van der Waals surface area contributed by atoms with Crippen LogP contribution in [0.2, 0.25) is 0 Å². The molecule has 1 aromatic carbocycles. The normalized spacial score (nSPS) is 25.3. The molecular weight excluding hydrogens is 220 g/mol. The highest BCUT2D eigenvalue weighted by Crippen LogP contribution is 2.31. The zero-order valence-corrected chi connectivity index (χ0v) is 11.9. The van der Waals surface area contributed by atoms with E-state index in [0.717, 1.165) is 13.0 Å². The second kappa shape index (κ2) is 5.85. The number of benzene rings is 1. The van der Waals surface area contributed by atoms with E-state index in [4.69, 9.17) is 5.73 Å². The maximum atomic E-state index is 6.38. The van der Waals surface area contributed by atoms with Crippen LogP contribution in [0.4, 0.5) is 0 Å². The predicted molar refractivity (Wildman–Crippen MR) is 77.7 cm³/mol. The van der Waals surface area contributed by atoms with Gasteiger partial charge in [-0.3, -0.25) is 4.90 Å². The maximum Gasteiger partial charge on any atom is 0.0499 e. The molecule has 1 aliphatic heterocycles. The summed E-state index contributed by atoms with van der Waals surface area (Å²) in [6, 6.07) is 7.52. The number of piperidine rings is 1. The van der Waals surface area contributed by atoms with Crippen molar-refractivity contribution in [1.29, 1.82) is 0 Å². The topological polar surface area (TPSA) is 29.3 Å². The third-order valence-electron chi connectivity index (χ3n) is 4.17. The molecule has 2 heteroatoms. The molecular formula is C16H26N2. The summed E-state index contributed by atoms with van der Waals surface area (Å²) in [6.07, 6.45) is 3.59. The summed E-state index contributed by atoms with van der Waals surface area (Å²) in [4.78, 5) is 2.57. The summed E-state index contributed by atoms with van der Waals surface area (Å²) in [5.74, 6) is 0. The Balaban J connectivity index is 2.28. The van der Waals surface area contributed by atoms with Gasteiger partial charge in [0.1, 0.15) is 0 Å². The van der Waals surface area contributed by atoms with Crippen molar-refractivity contribution >= 4 is 0 Å². The SMILES string of the molecule is CCCN1CCCC(N)C1c1ccc(C)c(C)c1. The van der Waals surface area contributed by atoms with Crippen molar-refractivity contribution in [3.63, 3.8) is 0 Å². The first kappa shape index (κ1) is 13.6. The van der Waals surface area contributed by atoms with Gasteiger partial charge in [0.25, 0.3) is 0 Å². The lowest BCUT2D eigenvalue weighted by molar-refractivity contribution is 0.128. The van der Waals surface area contributed by atoms with Gasteiger partial charge < -0.3 is 5.73 Å². The van der Waals surface area contributed by atoms with E-state index >= 15 is 0 Å². The molecule has 100 valence electrons. The lowest BCUT2D eigenvalue weighted by Gasteiger charge is -2.40. The van der Waals surface area contributed by atoms with E-state index in [1.165, 1.54) is 36.1 Å². The third-order valence-corrected chi connectivity index (χ3v) is 4.17. The van der Waals surface area contributed by atoms with Gasteiger partial charge in [0.15, 0.2) is 0 Å². The van der Waals surface area contributed by atoms with E-state index in [0.29, 0.717) is 6.04 Å². The van der Waals surface area contributed by atoms with Crippen LogP contribution in [0, 0.1) is 13.8 Å². The Hall–Kier alpha value is -0.860. The first-order chi connectivity index (χ1) is 8.63. The summed E-state index contributed by atoms with van der Waals surface area (Å²) in [7, 11) is 0. The van der Waals surface area contributed by atoms with Crippen LogP contribution in [0.15, 0.2) is 18.2 Å². The Morgan fingerprint density at radius 1 is 1.28 bits per heavy atom. The van der Waals surface area contributed by atoms with Crippen molar-refractivity contribution in [3.05, 3.63) is 34.9 Å². The lowest BCUT2D eigenvalue weighted by atomic mass is 9.89. The highest BCUT2D eigenvalue weighted by molar-refractivity contribution is 5.32. The van der Waals surface area contributed by atoms with Crippen LogP contribution >= 0.6 is 0 Å². The maximum absolute atomic E-state index is 6.38. The minimum absolute atomic E-state index is 0.285. The molecule has 1 saturated heterocycles. The van der Waals surface area contributed by atoms with Gasteiger partial charge in [-0.1, -0.05) is 25.1 Å². The fourth-order valence-corrected chi connectivity index (χ4v) is 3.04. The molecule has 1 heterocycles. The Kier molecular flexibility index (Phi) is 4.41. The van der Waals surface area contributed by atoms with Crippen LogP contribution in [-0.2, 0) is 0 Å². The summed E-state index contributed by atoms with van der Waals surface area (Å²) < 4.78 is 0. The molecule has 1 aromatic rings. The van der Waals surface area contributed by atoms with E-state index in [1.807, 2.05) is 0 Å². The molecule has 0 aliphatic carbocycles. The fraction of sp³-hybridized carbons (Fsp3) is 0.625. The second-order valence-electron chi connectivity index (χ2n) is 5.63.